The Kier molecular flexibility index (Phi) is 7.98. The van der Waals surface area contributed by atoms with Crippen molar-refractivity contribution < 1.29 is 33.6 Å². The molecule has 12 heteroatoms. The highest BCUT2D eigenvalue weighted by atomic mass is 16.6. The molecule has 0 bridgehead atoms. The molecule has 204 valence electrons. The Labute approximate surface area is 220 Å². The molecule has 12 nitrogen and oxygen atoms in total. The number of nitrogens with one attached hydrogen (secondary N) is 1. The summed E-state index contributed by atoms with van der Waals surface area (Å²) >= 11 is 0. The largest absolute Gasteiger partial charge is 0.464 e. The van der Waals surface area contributed by atoms with Crippen LogP contribution in [0.5, 0.6) is 0 Å². The van der Waals surface area contributed by atoms with Gasteiger partial charge in [0.2, 0.25) is 5.91 Å². The van der Waals surface area contributed by atoms with Gasteiger partial charge < -0.3 is 24.6 Å². The van der Waals surface area contributed by atoms with E-state index < -0.39 is 40.6 Å². The van der Waals surface area contributed by atoms with Crippen molar-refractivity contribution in [2.75, 3.05) is 26.7 Å². The zero-order valence-corrected chi connectivity index (χ0v) is 21.5. The van der Waals surface area contributed by atoms with Gasteiger partial charge in [0, 0.05) is 38.1 Å². The van der Waals surface area contributed by atoms with Crippen LogP contribution in [0.15, 0.2) is 36.4 Å². The number of allylic oxidation sites excluding steroid dienone is 1. The number of likely N-dealkylation sites (N-methyl/N-ethyl adjacent to an activating group) is 1. The summed E-state index contributed by atoms with van der Waals surface area (Å²) < 4.78 is 10.8. The Morgan fingerprint density at radius 2 is 1.95 bits per heavy atom. The van der Waals surface area contributed by atoms with E-state index in [1.807, 2.05) is 12.2 Å². The minimum atomic E-state index is -1.19. The van der Waals surface area contributed by atoms with E-state index in [1.165, 1.54) is 29.2 Å². The summed E-state index contributed by atoms with van der Waals surface area (Å²) in [7, 11) is 1.67. The standard InChI is InChI=1S/C26H32N4O8/c1-3-37-24(33)26-15-18(26)8-6-4-5-7-13-28(2)22(31)21-14-20(16-29(21)25(34)27-26)38-23(32)17-9-11-19(12-10-17)30(35)36/h6,8-12,18,20-21H,3-5,7,13-16H2,1-2H3,(H,27,34)/b8-6-/t18-,20+,21+,26-/m1/s1. The molecule has 0 spiro atoms. The Morgan fingerprint density at radius 3 is 2.63 bits per heavy atom. The van der Waals surface area contributed by atoms with Crippen molar-refractivity contribution in [3.63, 3.8) is 0 Å². The highest BCUT2D eigenvalue weighted by molar-refractivity contribution is 5.94. The van der Waals surface area contributed by atoms with E-state index in [9.17, 15) is 29.3 Å². The van der Waals surface area contributed by atoms with Crippen molar-refractivity contribution in [3.8, 4) is 0 Å². The second-order valence-electron chi connectivity index (χ2n) is 9.85. The van der Waals surface area contributed by atoms with Crippen molar-refractivity contribution in [2.45, 2.75) is 56.7 Å². The molecule has 4 atom stereocenters. The number of nitrogens with zero attached hydrogens (tertiary/aromatic N) is 3. The van der Waals surface area contributed by atoms with Crippen molar-refractivity contribution in [1.29, 1.82) is 0 Å². The fourth-order valence-electron chi connectivity index (χ4n) is 4.99. The van der Waals surface area contributed by atoms with E-state index in [4.69, 9.17) is 9.47 Å². The van der Waals surface area contributed by atoms with E-state index in [-0.39, 0.29) is 42.6 Å². The number of nitro benzene ring substituents is 1. The number of fused-ring (bicyclic) bond motifs is 2. The molecule has 3 amide bonds. The molecule has 3 aliphatic rings. The summed E-state index contributed by atoms with van der Waals surface area (Å²) in [5, 5.41) is 13.7. The van der Waals surface area contributed by atoms with Crippen molar-refractivity contribution in [1.82, 2.24) is 15.1 Å². The monoisotopic (exact) mass is 528 g/mol. The van der Waals surface area contributed by atoms with Crippen molar-refractivity contribution in [3.05, 3.63) is 52.1 Å². The number of esters is 2. The second kappa shape index (κ2) is 11.2. The topological polar surface area (TPSA) is 148 Å². The van der Waals surface area contributed by atoms with Gasteiger partial charge in [0.05, 0.1) is 23.6 Å². The molecule has 2 heterocycles. The number of rotatable bonds is 5. The van der Waals surface area contributed by atoms with Gasteiger partial charge in [0.15, 0.2) is 0 Å². The molecule has 4 rings (SSSR count). The maximum atomic E-state index is 13.5. The van der Waals surface area contributed by atoms with Crippen molar-refractivity contribution >= 4 is 29.6 Å². The van der Waals surface area contributed by atoms with E-state index in [0.29, 0.717) is 13.0 Å². The van der Waals surface area contributed by atoms with Gasteiger partial charge in [-0.15, -0.1) is 0 Å². The van der Waals surface area contributed by atoms with Crippen LogP contribution >= 0.6 is 0 Å². The molecule has 1 aromatic rings. The lowest BCUT2D eigenvalue weighted by atomic mass is 10.1. The summed E-state index contributed by atoms with van der Waals surface area (Å²) in [6.45, 7) is 2.33. The zero-order chi connectivity index (χ0) is 27.4. The number of nitro groups is 1. The van der Waals surface area contributed by atoms with E-state index in [0.717, 1.165) is 19.3 Å². The number of non-ortho nitro benzene ring substituents is 1. The number of hydrogen-bond acceptors (Lipinski definition) is 8. The SMILES string of the molecule is CCOC(=O)[C@@]12C[C@H]1/C=C\CCCCN(C)C(=O)[C@@H]1C[C@H](OC(=O)c3ccc([N+](=O)[O-])cc3)CN1C(=O)N2. The molecule has 2 aliphatic heterocycles. The van der Waals surface area contributed by atoms with Crippen LogP contribution in [0.1, 0.15) is 49.4 Å². The predicted molar refractivity (Wildman–Crippen MR) is 134 cm³/mol. The summed E-state index contributed by atoms with van der Waals surface area (Å²) in [6, 6.07) is 3.50. The average Bonchev–Trinajstić information content (AvgIpc) is 3.42. The van der Waals surface area contributed by atoms with E-state index in [2.05, 4.69) is 5.32 Å². The molecular formula is C26H32N4O8. The third-order valence-electron chi connectivity index (χ3n) is 7.24. The molecule has 2 fully saturated rings. The molecule has 0 aromatic heterocycles. The molecule has 1 N–H and O–H groups in total. The second-order valence-corrected chi connectivity index (χ2v) is 9.85. The molecular weight excluding hydrogens is 496 g/mol. The van der Waals surface area contributed by atoms with Crippen LogP contribution < -0.4 is 5.32 Å². The van der Waals surface area contributed by atoms with Gasteiger partial charge in [-0.05, 0) is 44.7 Å². The minimum Gasteiger partial charge on any atom is -0.464 e. The molecule has 0 unspecified atom stereocenters. The van der Waals surface area contributed by atoms with Gasteiger partial charge in [0.25, 0.3) is 5.69 Å². The number of carbonyl (C=O) groups is 4. The summed E-state index contributed by atoms with van der Waals surface area (Å²) in [6.07, 6.45) is 6.08. The highest BCUT2D eigenvalue weighted by Crippen LogP contribution is 2.46. The van der Waals surface area contributed by atoms with Crippen molar-refractivity contribution in [2.24, 2.45) is 5.92 Å². The first kappa shape index (κ1) is 27.1. The Morgan fingerprint density at radius 1 is 1.21 bits per heavy atom. The number of urea groups is 1. The maximum Gasteiger partial charge on any atom is 0.338 e. The molecule has 38 heavy (non-hydrogen) atoms. The lowest BCUT2D eigenvalue weighted by molar-refractivity contribution is -0.384. The number of benzene rings is 1. The molecule has 1 aliphatic carbocycles. The Bertz CT molecular complexity index is 1140. The molecule has 1 aromatic carbocycles. The maximum absolute atomic E-state index is 13.5. The summed E-state index contributed by atoms with van der Waals surface area (Å²) in [5.74, 6) is -1.72. The first-order chi connectivity index (χ1) is 18.2. The lowest BCUT2D eigenvalue weighted by Gasteiger charge is -2.29. The van der Waals surface area contributed by atoms with Crippen LogP contribution in [-0.2, 0) is 19.1 Å². The highest BCUT2D eigenvalue weighted by Gasteiger charge is 2.62. The van der Waals surface area contributed by atoms with Crippen LogP contribution in [0, 0.1) is 16.0 Å². The fourth-order valence-corrected chi connectivity index (χ4v) is 4.99. The smallest absolute Gasteiger partial charge is 0.338 e. The number of ether oxygens (including phenoxy) is 2. The third-order valence-corrected chi connectivity index (χ3v) is 7.24. The van der Waals surface area contributed by atoms with Gasteiger partial charge in [0.1, 0.15) is 17.7 Å². The Balaban J connectivity index is 1.54. The van der Waals surface area contributed by atoms with Crippen LogP contribution in [0.25, 0.3) is 0 Å². The molecule has 0 radical (unpaired) electrons. The Hall–Kier alpha value is -3.96. The third kappa shape index (κ3) is 5.63. The molecule has 1 saturated heterocycles. The van der Waals surface area contributed by atoms with Crippen LogP contribution in [-0.4, -0.2) is 83.0 Å². The van der Waals surface area contributed by atoms with E-state index in [1.54, 1.807) is 18.9 Å². The quantitative estimate of drug-likeness (QED) is 0.265. The van der Waals surface area contributed by atoms with Gasteiger partial charge in [-0.1, -0.05) is 12.2 Å². The van der Waals surface area contributed by atoms with Gasteiger partial charge in [-0.3, -0.25) is 14.9 Å². The van der Waals surface area contributed by atoms with Gasteiger partial charge in [-0.25, -0.2) is 14.4 Å². The first-order valence-corrected chi connectivity index (χ1v) is 12.8. The minimum absolute atomic E-state index is 0.0474. The van der Waals surface area contributed by atoms with Gasteiger partial charge in [-0.2, -0.15) is 0 Å². The number of carbonyl (C=O) groups excluding carboxylic acids is 4. The summed E-state index contributed by atoms with van der Waals surface area (Å²) in [5.41, 5.74) is -1.24. The summed E-state index contributed by atoms with van der Waals surface area (Å²) in [4.78, 5) is 65.6. The van der Waals surface area contributed by atoms with Crippen LogP contribution in [0.4, 0.5) is 10.5 Å². The fraction of sp³-hybridized carbons (Fsp3) is 0.538. The normalized spacial score (nSPS) is 28.3. The zero-order valence-electron chi connectivity index (χ0n) is 21.5. The predicted octanol–water partition coefficient (Wildman–Crippen LogP) is 2.42. The number of amides is 3. The van der Waals surface area contributed by atoms with Crippen LogP contribution in [0.2, 0.25) is 0 Å². The number of hydrogen-bond donors (Lipinski definition) is 1. The van der Waals surface area contributed by atoms with Crippen LogP contribution in [0.3, 0.4) is 0 Å². The van der Waals surface area contributed by atoms with E-state index >= 15 is 0 Å². The average molecular weight is 529 g/mol. The lowest BCUT2D eigenvalue weighted by Crippen LogP contribution is -2.55. The van der Waals surface area contributed by atoms with Gasteiger partial charge >= 0.3 is 18.0 Å². The first-order valence-electron chi connectivity index (χ1n) is 12.8. The molecule has 1 saturated carbocycles.